The number of aliphatic hydroxyl groups is 1. The third-order valence-corrected chi connectivity index (χ3v) is 5.32. The first-order chi connectivity index (χ1) is 12.7. The Hall–Kier alpha value is -2.59. The smallest absolute Gasteiger partial charge is 0.253 e. The Morgan fingerprint density at radius 3 is 2.50 bits per heavy atom. The van der Waals surface area contributed by atoms with Crippen LogP contribution in [0.1, 0.15) is 30.1 Å². The van der Waals surface area contributed by atoms with Crippen molar-refractivity contribution in [1.29, 1.82) is 0 Å². The van der Waals surface area contributed by atoms with E-state index >= 15 is 0 Å². The van der Waals surface area contributed by atoms with Crippen LogP contribution in [0.3, 0.4) is 0 Å². The molecule has 4 rings (SSSR count). The van der Waals surface area contributed by atoms with E-state index in [0.717, 1.165) is 29.7 Å². The molecule has 0 spiro atoms. The first kappa shape index (κ1) is 16.9. The Labute approximate surface area is 153 Å². The van der Waals surface area contributed by atoms with Crippen LogP contribution in [0.25, 0.3) is 6.08 Å². The van der Waals surface area contributed by atoms with Crippen LogP contribution in [0.5, 0.6) is 5.75 Å². The maximum atomic E-state index is 12.8. The summed E-state index contributed by atoms with van der Waals surface area (Å²) in [4.78, 5) is 14.7. The molecule has 4 heteroatoms. The van der Waals surface area contributed by atoms with Crippen molar-refractivity contribution in [3.63, 3.8) is 0 Å². The fourth-order valence-corrected chi connectivity index (χ4v) is 3.78. The van der Waals surface area contributed by atoms with Gasteiger partial charge in [-0.25, -0.2) is 0 Å². The summed E-state index contributed by atoms with van der Waals surface area (Å²) < 4.78 is 5.71. The van der Waals surface area contributed by atoms with Crippen LogP contribution in [-0.4, -0.2) is 35.6 Å². The quantitative estimate of drug-likeness (QED) is 0.923. The van der Waals surface area contributed by atoms with Gasteiger partial charge in [0.15, 0.2) is 0 Å². The second-order valence-electron chi connectivity index (χ2n) is 6.98. The minimum atomic E-state index is -0.461. The summed E-state index contributed by atoms with van der Waals surface area (Å²) in [5.41, 5.74) is 2.61. The number of likely N-dealkylation sites (tertiary alicyclic amines) is 1. The molecule has 2 aliphatic heterocycles. The molecule has 1 amide bonds. The topological polar surface area (TPSA) is 49.8 Å². The molecule has 1 atom stereocenters. The second-order valence-corrected chi connectivity index (χ2v) is 6.98. The summed E-state index contributed by atoms with van der Waals surface area (Å²) in [6.45, 7) is 1.67. The highest BCUT2D eigenvalue weighted by molar-refractivity contribution is 5.99. The second kappa shape index (κ2) is 7.34. The van der Waals surface area contributed by atoms with Crippen molar-refractivity contribution in [2.75, 3.05) is 19.7 Å². The predicted molar refractivity (Wildman–Crippen MR) is 101 cm³/mol. The summed E-state index contributed by atoms with van der Waals surface area (Å²) in [6.07, 6.45) is 3.10. The van der Waals surface area contributed by atoms with Crippen molar-refractivity contribution < 1.29 is 14.6 Å². The van der Waals surface area contributed by atoms with E-state index in [4.69, 9.17) is 4.74 Å². The Bertz CT molecular complexity index is 807. The number of nitrogens with zero attached hydrogens (tertiary/aromatic N) is 1. The van der Waals surface area contributed by atoms with E-state index in [1.807, 2.05) is 65.6 Å². The van der Waals surface area contributed by atoms with E-state index in [-0.39, 0.29) is 11.8 Å². The molecule has 1 N–H and O–H groups in total. The molecule has 1 saturated heterocycles. The molecule has 1 fully saturated rings. The van der Waals surface area contributed by atoms with Gasteiger partial charge in [-0.05, 0) is 36.5 Å². The SMILES string of the molecule is O=C(C1=Cc2ccccc2OC1)N1CCC(C(O)c2ccccc2)CC1. The Morgan fingerprint density at radius 1 is 1.04 bits per heavy atom. The number of hydrogen-bond acceptors (Lipinski definition) is 3. The molecule has 2 aromatic rings. The molecule has 26 heavy (non-hydrogen) atoms. The third kappa shape index (κ3) is 3.37. The van der Waals surface area contributed by atoms with Crippen LogP contribution in [0.4, 0.5) is 0 Å². The van der Waals surface area contributed by atoms with Gasteiger partial charge in [-0.1, -0.05) is 48.5 Å². The molecule has 2 aliphatic rings. The lowest BCUT2D eigenvalue weighted by Crippen LogP contribution is -2.41. The minimum absolute atomic E-state index is 0.0483. The van der Waals surface area contributed by atoms with Gasteiger partial charge < -0.3 is 14.7 Å². The highest BCUT2D eigenvalue weighted by atomic mass is 16.5. The first-order valence-electron chi connectivity index (χ1n) is 9.17. The van der Waals surface area contributed by atoms with Gasteiger partial charge in [-0.15, -0.1) is 0 Å². The molecule has 2 heterocycles. The number of para-hydroxylation sites is 1. The van der Waals surface area contributed by atoms with Crippen molar-refractivity contribution in [2.24, 2.45) is 5.92 Å². The number of carbonyl (C=O) groups excluding carboxylic acids is 1. The zero-order valence-corrected chi connectivity index (χ0v) is 14.7. The number of amides is 1. The van der Waals surface area contributed by atoms with Crippen molar-refractivity contribution in [3.05, 3.63) is 71.3 Å². The average Bonchev–Trinajstić information content (AvgIpc) is 2.73. The lowest BCUT2D eigenvalue weighted by Gasteiger charge is -2.35. The Balaban J connectivity index is 1.39. The molecule has 0 aromatic heterocycles. The van der Waals surface area contributed by atoms with Crippen LogP contribution < -0.4 is 4.74 Å². The lowest BCUT2D eigenvalue weighted by molar-refractivity contribution is -0.129. The fourth-order valence-electron chi connectivity index (χ4n) is 3.78. The van der Waals surface area contributed by atoms with Crippen molar-refractivity contribution >= 4 is 12.0 Å². The van der Waals surface area contributed by atoms with Crippen molar-refractivity contribution in [2.45, 2.75) is 18.9 Å². The van der Waals surface area contributed by atoms with E-state index in [9.17, 15) is 9.90 Å². The number of aliphatic hydroxyl groups excluding tert-OH is 1. The van der Waals surface area contributed by atoms with Crippen LogP contribution >= 0.6 is 0 Å². The number of piperidine rings is 1. The Morgan fingerprint density at radius 2 is 1.73 bits per heavy atom. The predicted octanol–water partition coefficient (Wildman–Crippen LogP) is 3.43. The van der Waals surface area contributed by atoms with Gasteiger partial charge >= 0.3 is 0 Å². The zero-order valence-electron chi connectivity index (χ0n) is 14.7. The van der Waals surface area contributed by atoms with Gasteiger partial charge in [0.05, 0.1) is 11.7 Å². The number of hydrogen-bond donors (Lipinski definition) is 1. The first-order valence-corrected chi connectivity index (χ1v) is 9.17. The molecule has 1 unspecified atom stereocenters. The van der Waals surface area contributed by atoms with Crippen molar-refractivity contribution in [3.8, 4) is 5.75 Å². The largest absolute Gasteiger partial charge is 0.488 e. The molecule has 0 saturated carbocycles. The van der Waals surface area contributed by atoms with Crippen LogP contribution in [-0.2, 0) is 4.79 Å². The van der Waals surface area contributed by atoms with Crippen LogP contribution in [0, 0.1) is 5.92 Å². The summed E-state index contributed by atoms with van der Waals surface area (Å²) in [5.74, 6) is 1.07. The molecule has 2 aromatic carbocycles. The average molecular weight is 349 g/mol. The van der Waals surface area contributed by atoms with Gasteiger partial charge in [-0.3, -0.25) is 4.79 Å². The van der Waals surface area contributed by atoms with Gasteiger partial charge in [-0.2, -0.15) is 0 Å². The number of rotatable bonds is 3. The van der Waals surface area contributed by atoms with Gasteiger partial charge in [0, 0.05) is 18.7 Å². The summed E-state index contributed by atoms with van der Waals surface area (Å²) >= 11 is 0. The summed E-state index contributed by atoms with van der Waals surface area (Å²) in [6, 6.07) is 17.5. The standard InChI is InChI=1S/C22H23NO3/c24-21(16-6-2-1-3-7-16)17-10-12-23(13-11-17)22(25)19-14-18-8-4-5-9-20(18)26-15-19/h1-9,14,17,21,24H,10-13,15H2. The number of fused-ring (bicyclic) bond motifs is 1. The lowest BCUT2D eigenvalue weighted by atomic mass is 9.87. The maximum absolute atomic E-state index is 12.8. The minimum Gasteiger partial charge on any atom is -0.488 e. The molecular weight excluding hydrogens is 326 g/mol. The third-order valence-electron chi connectivity index (χ3n) is 5.32. The molecule has 0 aliphatic carbocycles. The van der Waals surface area contributed by atoms with Crippen LogP contribution in [0.15, 0.2) is 60.2 Å². The van der Waals surface area contributed by atoms with E-state index in [1.54, 1.807) is 0 Å². The van der Waals surface area contributed by atoms with E-state index < -0.39 is 6.10 Å². The van der Waals surface area contributed by atoms with E-state index in [0.29, 0.717) is 25.3 Å². The van der Waals surface area contributed by atoms with Gasteiger partial charge in [0.25, 0.3) is 5.91 Å². The van der Waals surface area contributed by atoms with Gasteiger partial charge in [0.2, 0.25) is 0 Å². The number of carbonyl (C=O) groups is 1. The highest BCUT2D eigenvalue weighted by Gasteiger charge is 2.30. The number of ether oxygens (including phenoxy) is 1. The molecular formula is C22H23NO3. The molecule has 134 valence electrons. The maximum Gasteiger partial charge on any atom is 0.253 e. The summed E-state index contributed by atoms with van der Waals surface area (Å²) in [5, 5.41) is 10.6. The summed E-state index contributed by atoms with van der Waals surface area (Å²) in [7, 11) is 0. The number of benzene rings is 2. The fraction of sp³-hybridized carbons (Fsp3) is 0.318. The molecule has 0 radical (unpaired) electrons. The monoisotopic (exact) mass is 349 g/mol. The normalized spacial score (nSPS) is 18.5. The zero-order chi connectivity index (χ0) is 17.9. The van der Waals surface area contributed by atoms with Crippen LogP contribution in [0.2, 0.25) is 0 Å². The van der Waals surface area contributed by atoms with Gasteiger partial charge in [0.1, 0.15) is 12.4 Å². The molecule has 0 bridgehead atoms. The van der Waals surface area contributed by atoms with E-state index in [1.165, 1.54) is 0 Å². The Kier molecular flexibility index (Phi) is 4.76. The molecule has 4 nitrogen and oxygen atoms in total. The van der Waals surface area contributed by atoms with E-state index in [2.05, 4.69) is 0 Å². The van der Waals surface area contributed by atoms with Crippen molar-refractivity contribution in [1.82, 2.24) is 4.90 Å². The highest BCUT2D eigenvalue weighted by Crippen LogP contribution is 2.32.